The average molecular weight is 253 g/mol. The molecule has 0 amide bonds. The van der Waals surface area contributed by atoms with Gasteiger partial charge in [-0.25, -0.2) is 19.8 Å². The lowest BCUT2D eigenvalue weighted by Crippen LogP contribution is -2.30. The van der Waals surface area contributed by atoms with E-state index in [-0.39, 0.29) is 0 Å². The first-order chi connectivity index (χ1) is 8.22. The van der Waals surface area contributed by atoms with Gasteiger partial charge in [0.2, 0.25) is 0 Å². The minimum absolute atomic E-state index is 0.338. The molecule has 0 aliphatic rings. The molecule has 0 aliphatic carbocycles. The molecule has 0 aliphatic heterocycles. The summed E-state index contributed by atoms with van der Waals surface area (Å²) in [6, 6.07) is 5.55. The zero-order chi connectivity index (χ0) is 12.3. The minimum Gasteiger partial charge on any atom is -0.271 e. The van der Waals surface area contributed by atoms with Gasteiger partial charge in [-0.3, -0.25) is 5.84 Å². The molecule has 0 radical (unpaired) electrons. The van der Waals surface area contributed by atoms with Crippen molar-refractivity contribution < 1.29 is 4.39 Å². The fraction of sp³-hybridized carbons (Fsp3) is 0.0909. The Morgan fingerprint density at radius 3 is 2.76 bits per heavy atom. The Balaban J connectivity index is 2.42. The molecule has 4 nitrogen and oxygen atoms in total. The van der Waals surface area contributed by atoms with Crippen molar-refractivity contribution in [2.24, 2.45) is 5.84 Å². The molecular formula is C11H10ClFN4. The predicted octanol–water partition coefficient (Wildman–Crippen LogP) is 1.82. The third kappa shape index (κ3) is 2.58. The van der Waals surface area contributed by atoms with Gasteiger partial charge in [0.15, 0.2) is 0 Å². The van der Waals surface area contributed by atoms with E-state index in [0.717, 1.165) is 0 Å². The van der Waals surface area contributed by atoms with E-state index in [1.807, 2.05) is 0 Å². The molecule has 0 fully saturated rings. The van der Waals surface area contributed by atoms with Crippen molar-refractivity contribution in [2.45, 2.75) is 6.04 Å². The first-order valence-electron chi connectivity index (χ1n) is 4.89. The van der Waals surface area contributed by atoms with E-state index in [2.05, 4.69) is 15.4 Å². The zero-order valence-corrected chi connectivity index (χ0v) is 9.53. The number of aromatic nitrogens is 2. The highest BCUT2D eigenvalue weighted by Crippen LogP contribution is 2.24. The molecule has 17 heavy (non-hydrogen) atoms. The van der Waals surface area contributed by atoms with E-state index < -0.39 is 11.9 Å². The van der Waals surface area contributed by atoms with Crippen molar-refractivity contribution in [1.29, 1.82) is 0 Å². The molecule has 2 rings (SSSR count). The predicted molar refractivity (Wildman–Crippen MR) is 62.6 cm³/mol. The second-order valence-corrected chi connectivity index (χ2v) is 3.84. The van der Waals surface area contributed by atoms with Crippen LogP contribution in [0, 0.1) is 5.82 Å². The first-order valence-corrected chi connectivity index (χ1v) is 5.27. The van der Waals surface area contributed by atoms with Crippen molar-refractivity contribution in [2.75, 3.05) is 0 Å². The van der Waals surface area contributed by atoms with Crippen LogP contribution in [-0.4, -0.2) is 9.97 Å². The molecule has 0 spiro atoms. The molecular weight excluding hydrogens is 243 g/mol. The fourth-order valence-electron chi connectivity index (χ4n) is 1.54. The summed E-state index contributed by atoms with van der Waals surface area (Å²) in [5.74, 6) is 5.00. The van der Waals surface area contributed by atoms with E-state index in [9.17, 15) is 4.39 Å². The number of nitrogens with one attached hydrogen (secondary N) is 1. The monoisotopic (exact) mass is 252 g/mol. The summed E-state index contributed by atoms with van der Waals surface area (Å²) in [6.07, 6.45) is 2.95. The summed E-state index contributed by atoms with van der Waals surface area (Å²) in [7, 11) is 0. The van der Waals surface area contributed by atoms with Gasteiger partial charge in [0.25, 0.3) is 0 Å². The average Bonchev–Trinajstić information content (AvgIpc) is 2.34. The first kappa shape index (κ1) is 11.9. The van der Waals surface area contributed by atoms with Gasteiger partial charge in [-0.1, -0.05) is 17.7 Å². The van der Waals surface area contributed by atoms with Gasteiger partial charge >= 0.3 is 0 Å². The Morgan fingerprint density at radius 2 is 2.18 bits per heavy atom. The molecule has 1 unspecified atom stereocenters. The maximum Gasteiger partial charge on any atom is 0.129 e. The van der Waals surface area contributed by atoms with Crippen molar-refractivity contribution in [3.8, 4) is 0 Å². The van der Waals surface area contributed by atoms with E-state index in [4.69, 9.17) is 17.4 Å². The Bertz CT molecular complexity index is 506. The number of nitrogens with two attached hydrogens (primary N) is 1. The van der Waals surface area contributed by atoms with Crippen LogP contribution in [0.4, 0.5) is 4.39 Å². The van der Waals surface area contributed by atoms with E-state index in [1.165, 1.54) is 12.4 Å². The van der Waals surface area contributed by atoms with Crippen LogP contribution < -0.4 is 11.3 Å². The van der Waals surface area contributed by atoms with E-state index in [1.54, 1.807) is 24.4 Å². The van der Waals surface area contributed by atoms with E-state index in [0.29, 0.717) is 16.3 Å². The maximum atomic E-state index is 13.7. The number of rotatable bonds is 3. The van der Waals surface area contributed by atoms with Crippen molar-refractivity contribution in [3.05, 3.63) is 58.9 Å². The lowest BCUT2D eigenvalue weighted by molar-refractivity contribution is 0.552. The number of hydrogen-bond acceptors (Lipinski definition) is 4. The summed E-state index contributed by atoms with van der Waals surface area (Å²) in [4.78, 5) is 7.83. The van der Waals surface area contributed by atoms with Gasteiger partial charge < -0.3 is 0 Å². The largest absolute Gasteiger partial charge is 0.271 e. The molecule has 0 saturated carbocycles. The van der Waals surface area contributed by atoms with Crippen molar-refractivity contribution >= 4 is 11.6 Å². The number of halogens is 2. The second kappa shape index (κ2) is 5.18. The number of nitrogens with zero attached hydrogens (tertiary/aromatic N) is 2. The highest BCUT2D eigenvalue weighted by molar-refractivity contribution is 6.30. The highest BCUT2D eigenvalue weighted by Gasteiger charge is 2.17. The molecule has 1 atom stereocenters. The zero-order valence-electron chi connectivity index (χ0n) is 8.77. The number of hydrogen-bond donors (Lipinski definition) is 2. The van der Waals surface area contributed by atoms with Crippen molar-refractivity contribution in [1.82, 2.24) is 15.4 Å². The molecule has 3 N–H and O–H groups in total. The Kier molecular flexibility index (Phi) is 3.63. The third-order valence-corrected chi connectivity index (χ3v) is 2.58. The van der Waals surface area contributed by atoms with Crippen LogP contribution in [0.3, 0.4) is 0 Å². The summed E-state index contributed by atoms with van der Waals surface area (Å²) in [5.41, 5.74) is 3.49. The van der Waals surface area contributed by atoms with Crippen LogP contribution in [0.15, 0.2) is 36.8 Å². The normalized spacial score (nSPS) is 12.4. The molecule has 2 aromatic rings. The number of benzene rings is 1. The van der Waals surface area contributed by atoms with Crippen LogP contribution in [-0.2, 0) is 0 Å². The van der Waals surface area contributed by atoms with E-state index >= 15 is 0 Å². The fourth-order valence-corrected chi connectivity index (χ4v) is 1.70. The Labute approximate surface area is 103 Å². The molecule has 88 valence electrons. The Hall–Kier alpha value is -1.56. The summed E-state index contributed by atoms with van der Waals surface area (Å²) in [5, 5.41) is 0.338. The van der Waals surface area contributed by atoms with Crippen molar-refractivity contribution in [3.63, 3.8) is 0 Å². The van der Waals surface area contributed by atoms with Crippen LogP contribution in [0.1, 0.15) is 17.3 Å². The van der Waals surface area contributed by atoms with Gasteiger partial charge in [0.05, 0.1) is 11.7 Å². The standard InChI is InChI=1S/C11H10ClFN4/c12-7-1-2-8(9(13)5-7)11(17-14)10-3-4-15-6-16-10/h1-6,11,17H,14H2. The van der Waals surface area contributed by atoms with Crippen LogP contribution in [0.25, 0.3) is 0 Å². The van der Waals surface area contributed by atoms with Crippen LogP contribution in [0.2, 0.25) is 5.02 Å². The van der Waals surface area contributed by atoms with Gasteiger partial charge in [-0.2, -0.15) is 0 Å². The summed E-state index contributed by atoms with van der Waals surface area (Å²) < 4.78 is 13.7. The maximum absolute atomic E-state index is 13.7. The van der Waals surface area contributed by atoms with Gasteiger partial charge in [0, 0.05) is 16.8 Å². The number of hydrazine groups is 1. The molecule has 0 bridgehead atoms. The molecule has 1 aromatic carbocycles. The smallest absolute Gasteiger partial charge is 0.129 e. The highest BCUT2D eigenvalue weighted by atomic mass is 35.5. The molecule has 0 saturated heterocycles. The quantitative estimate of drug-likeness (QED) is 0.646. The summed E-state index contributed by atoms with van der Waals surface area (Å²) >= 11 is 5.69. The summed E-state index contributed by atoms with van der Waals surface area (Å²) in [6.45, 7) is 0. The Morgan fingerprint density at radius 1 is 1.35 bits per heavy atom. The van der Waals surface area contributed by atoms with Gasteiger partial charge in [-0.15, -0.1) is 0 Å². The van der Waals surface area contributed by atoms with Gasteiger partial charge in [-0.05, 0) is 18.2 Å². The second-order valence-electron chi connectivity index (χ2n) is 3.40. The lowest BCUT2D eigenvalue weighted by atomic mass is 10.0. The SMILES string of the molecule is NNC(c1ccncn1)c1ccc(Cl)cc1F. The van der Waals surface area contributed by atoms with Crippen LogP contribution in [0.5, 0.6) is 0 Å². The van der Waals surface area contributed by atoms with Crippen LogP contribution >= 0.6 is 11.6 Å². The minimum atomic E-state index is -0.532. The molecule has 6 heteroatoms. The third-order valence-electron chi connectivity index (χ3n) is 2.34. The van der Waals surface area contributed by atoms with Gasteiger partial charge in [0.1, 0.15) is 12.1 Å². The lowest BCUT2D eigenvalue weighted by Gasteiger charge is -2.16. The molecule has 1 aromatic heterocycles. The molecule has 1 heterocycles. The topological polar surface area (TPSA) is 63.8 Å².